The molecule has 2 heteroatoms. The van der Waals surface area contributed by atoms with Gasteiger partial charge in [0.2, 0.25) is 0 Å². The third-order valence-electron chi connectivity index (χ3n) is 4.86. The van der Waals surface area contributed by atoms with Gasteiger partial charge >= 0.3 is 0 Å². The van der Waals surface area contributed by atoms with E-state index in [1.165, 1.54) is 43.1 Å². The normalized spacial score (nSPS) is 14.2. The van der Waals surface area contributed by atoms with Crippen LogP contribution in [0.1, 0.15) is 22.3 Å². The second-order valence-electron chi connectivity index (χ2n) is 6.25. The molecular formula is C24H16Fe2. The van der Waals surface area contributed by atoms with Crippen molar-refractivity contribution >= 4 is 48.6 Å². The average molecular weight is 416 g/mol. The van der Waals surface area contributed by atoms with Crippen molar-refractivity contribution in [3.8, 4) is 0 Å². The Balaban J connectivity index is 0.000000140. The Morgan fingerprint density at radius 2 is 0.577 bits per heavy atom. The number of rotatable bonds is 0. The molecule has 0 saturated heterocycles. The van der Waals surface area contributed by atoms with Crippen LogP contribution in [0.15, 0.2) is 48.6 Å². The molecule has 0 spiro atoms. The third kappa shape index (κ3) is 3.07. The van der Waals surface area contributed by atoms with E-state index in [-0.39, 0.29) is 34.1 Å². The van der Waals surface area contributed by atoms with E-state index >= 15 is 0 Å². The second-order valence-corrected chi connectivity index (χ2v) is 6.25. The fraction of sp³-hybridized carbons (Fsp3) is 0. The van der Waals surface area contributed by atoms with E-state index in [0.717, 1.165) is 0 Å². The van der Waals surface area contributed by atoms with E-state index < -0.39 is 0 Å². The van der Waals surface area contributed by atoms with Crippen molar-refractivity contribution in [3.63, 3.8) is 0 Å². The van der Waals surface area contributed by atoms with Crippen molar-refractivity contribution in [2.45, 2.75) is 0 Å². The molecule has 2 aromatic rings. The van der Waals surface area contributed by atoms with Gasteiger partial charge in [0.05, 0.1) is 0 Å². The van der Waals surface area contributed by atoms with Crippen molar-refractivity contribution in [2.24, 2.45) is 0 Å². The van der Waals surface area contributed by atoms with Gasteiger partial charge in [0.25, 0.3) is 0 Å². The molecule has 0 nitrogen and oxygen atoms in total. The molecule has 0 fully saturated rings. The van der Waals surface area contributed by atoms with Crippen molar-refractivity contribution in [1.82, 2.24) is 0 Å². The van der Waals surface area contributed by atoms with E-state index in [9.17, 15) is 0 Å². The summed E-state index contributed by atoms with van der Waals surface area (Å²) in [6.45, 7) is 0. The van der Waals surface area contributed by atoms with Crippen LogP contribution in [0.3, 0.4) is 0 Å². The van der Waals surface area contributed by atoms with Gasteiger partial charge < -0.3 is 0 Å². The summed E-state index contributed by atoms with van der Waals surface area (Å²) < 4.78 is 0. The number of allylic oxidation sites excluding steroid dienone is 4. The van der Waals surface area contributed by atoms with Crippen LogP contribution in [0.2, 0.25) is 0 Å². The van der Waals surface area contributed by atoms with Gasteiger partial charge in [-0.05, 0) is 43.1 Å². The molecule has 0 saturated carbocycles. The number of fused-ring (bicyclic) bond motifs is 6. The first-order chi connectivity index (χ1) is 11.9. The Morgan fingerprint density at radius 3 is 0.808 bits per heavy atom. The van der Waals surface area contributed by atoms with Crippen molar-refractivity contribution < 1.29 is 34.1 Å². The zero-order valence-electron chi connectivity index (χ0n) is 13.9. The molecule has 0 aliphatic heterocycles. The number of hydrogen-bond donors (Lipinski definition) is 0. The van der Waals surface area contributed by atoms with Crippen LogP contribution >= 0.6 is 0 Å². The van der Waals surface area contributed by atoms with Gasteiger partial charge in [-0.15, -0.1) is 0 Å². The summed E-state index contributed by atoms with van der Waals surface area (Å²) in [5.74, 6) is 0. The van der Waals surface area contributed by atoms with Gasteiger partial charge in [-0.1, -0.05) is 97.2 Å². The van der Waals surface area contributed by atoms with Crippen LogP contribution < -0.4 is 20.9 Å². The first-order valence-electron chi connectivity index (χ1n) is 8.30. The summed E-state index contributed by atoms with van der Waals surface area (Å²) in [6, 6.07) is 8.71. The van der Waals surface area contributed by atoms with E-state index in [4.69, 9.17) is 0 Å². The van der Waals surface area contributed by atoms with E-state index in [0.29, 0.717) is 0 Å². The van der Waals surface area contributed by atoms with Gasteiger partial charge in [-0.3, -0.25) is 0 Å². The first-order valence-corrected chi connectivity index (χ1v) is 8.30. The maximum atomic E-state index is 2.18. The molecule has 2 aromatic carbocycles. The summed E-state index contributed by atoms with van der Waals surface area (Å²) in [5.41, 5.74) is 5.37. The molecule has 0 radical (unpaired) electrons. The molecule has 0 heterocycles. The fourth-order valence-corrected chi connectivity index (χ4v) is 3.66. The van der Waals surface area contributed by atoms with E-state index in [1.807, 2.05) is 0 Å². The topological polar surface area (TPSA) is 0 Å². The van der Waals surface area contributed by atoms with Gasteiger partial charge in [0.1, 0.15) is 0 Å². The molecule has 26 heavy (non-hydrogen) atoms. The smallest absolute Gasteiger partial charge is 0 e. The van der Waals surface area contributed by atoms with Crippen LogP contribution in [0.25, 0.3) is 48.6 Å². The summed E-state index contributed by atoms with van der Waals surface area (Å²) in [4.78, 5) is 0. The quantitative estimate of drug-likeness (QED) is 0.580. The molecule has 4 aliphatic carbocycles. The van der Waals surface area contributed by atoms with E-state index in [2.05, 4.69) is 97.2 Å². The standard InChI is InChI=1S/2C12H8.2Fe/c2*1-3-9-7-8-10-4-2-6-12(10)11(9)5-1;;/h2*1-8H;;. The molecule has 0 aromatic heterocycles. The van der Waals surface area contributed by atoms with Gasteiger partial charge in [-0.2, -0.15) is 0 Å². The maximum Gasteiger partial charge on any atom is 0 e. The maximum absolute atomic E-state index is 2.18. The fourth-order valence-electron chi connectivity index (χ4n) is 3.66. The summed E-state index contributed by atoms with van der Waals surface area (Å²) in [7, 11) is 0. The largest absolute Gasteiger partial charge is 0.0610 e. The van der Waals surface area contributed by atoms with Crippen LogP contribution in [-0.2, 0) is 34.1 Å². The monoisotopic (exact) mass is 416 g/mol. The third-order valence-corrected chi connectivity index (χ3v) is 4.86. The van der Waals surface area contributed by atoms with Crippen LogP contribution in [0.4, 0.5) is 0 Å². The molecule has 0 amide bonds. The molecular weight excluding hydrogens is 400 g/mol. The Morgan fingerprint density at radius 1 is 0.346 bits per heavy atom. The summed E-state index contributed by atoms with van der Waals surface area (Å²) in [5, 5.41) is 5.49. The van der Waals surface area contributed by atoms with Gasteiger partial charge in [0, 0.05) is 34.1 Å². The Kier molecular flexibility index (Phi) is 5.51. The van der Waals surface area contributed by atoms with Crippen molar-refractivity contribution in [1.29, 1.82) is 0 Å². The van der Waals surface area contributed by atoms with Gasteiger partial charge in [-0.25, -0.2) is 0 Å². The molecule has 0 unspecified atom stereocenters. The van der Waals surface area contributed by atoms with Crippen LogP contribution in [-0.4, -0.2) is 0 Å². The Hall–Kier alpha value is -2.08. The number of hydrogen-bond acceptors (Lipinski definition) is 0. The summed E-state index contributed by atoms with van der Waals surface area (Å²) in [6.07, 6.45) is 25.8. The molecule has 0 atom stereocenters. The predicted octanol–water partition coefficient (Wildman–Crippen LogP) is 2.60. The SMILES string of the molecule is C1=Cc2ccc3c(c2=C1)=CC=C3.C1=Cc2ccc3c(c2=C1)=CC=C3.[Fe].[Fe]. The zero-order chi connectivity index (χ0) is 15.9. The second kappa shape index (κ2) is 7.66. The van der Waals surface area contributed by atoms with Crippen molar-refractivity contribution in [2.75, 3.05) is 0 Å². The average Bonchev–Trinajstić information content (AvgIpc) is 3.40. The first kappa shape index (κ1) is 18.7. The zero-order valence-corrected chi connectivity index (χ0v) is 16.2. The number of benzene rings is 2. The molecule has 4 aliphatic rings. The minimum absolute atomic E-state index is 0. The van der Waals surface area contributed by atoms with Crippen LogP contribution in [0, 0.1) is 0 Å². The van der Waals surface area contributed by atoms with E-state index in [1.54, 1.807) is 0 Å². The Bertz CT molecular complexity index is 1040. The molecule has 6 rings (SSSR count). The minimum atomic E-state index is 0. The predicted molar refractivity (Wildman–Crippen MR) is 105 cm³/mol. The molecule has 0 N–H and O–H groups in total. The Labute approximate surface area is 174 Å². The molecule has 128 valence electrons. The molecule has 0 bridgehead atoms. The summed E-state index contributed by atoms with van der Waals surface area (Å²) >= 11 is 0. The van der Waals surface area contributed by atoms with Crippen LogP contribution in [0.5, 0.6) is 0 Å². The van der Waals surface area contributed by atoms with Crippen molar-refractivity contribution in [3.05, 3.63) is 91.7 Å². The minimum Gasteiger partial charge on any atom is -0.0610 e. The van der Waals surface area contributed by atoms with Gasteiger partial charge in [0.15, 0.2) is 0 Å².